The molecule has 0 aromatic carbocycles. The van der Waals surface area contributed by atoms with Crippen LogP contribution in [0, 0.1) is 0 Å². The molecule has 1 rings (SSSR count). The molecule has 0 aromatic heterocycles. The molecule has 1 saturated heterocycles. The summed E-state index contributed by atoms with van der Waals surface area (Å²) in [5.74, 6) is 0. The summed E-state index contributed by atoms with van der Waals surface area (Å²) >= 11 is 5.22. The molecular formula is C11H22N2OS. The zero-order valence-corrected chi connectivity index (χ0v) is 10.5. The normalized spacial score (nSPS) is 26.0. The molecule has 1 heterocycles. The number of ether oxygens (including phenoxy) is 1. The van der Waals surface area contributed by atoms with Crippen LogP contribution in [0.5, 0.6) is 0 Å². The van der Waals surface area contributed by atoms with Crippen molar-refractivity contribution < 1.29 is 4.74 Å². The molecule has 0 amide bonds. The maximum atomic E-state index is 5.48. The van der Waals surface area contributed by atoms with E-state index < -0.39 is 0 Å². The lowest BCUT2D eigenvalue weighted by Gasteiger charge is -2.28. The summed E-state index contributed by atoms with van der Waals surface area (Å²) in [7, 11) is 0. The first kappa shape index (κ1) is 12.7. The van der Waals surface area contributed by atoms with Crippen LogP contribution in [-0.4, -0.2) is 30.4 Å². The number of hydrogen-bond acceptors (Lipinski definition) is 2. The second kappa shape index (κ2) is 7.01. The molecule has 0 aliphatic carbocycles. The van der Waals surface area contributed by atoms with E-state index in [4.69, 9.17) is 17.0 Å². The summed E-state index contributed by atoms with van der Waals surface area (Å²) in [6.07, 6.45) is 4.83. The van der Waals surface area contributed by atoms with Crippen LogP contribution in [0.3, 0.4) is 0 Å². The monoisotopic (exact) mass is 230 g/mol. The zero-order chi connectivity index (χ0) is 11.1. The molecule has 2 N–H and O–H groups in total. The second-order valence-electron chi connectivity index (χ2n) is 4.16. The molecule has 4 heteroatoms. The molecule has 0 bridgehead atoms. The molecule has 2 unspecified atom stereocenters. The molecule has 1 fully saturated rings. The van der Waals surface area contributed by atoms with Crippen molar-refractivity contribution in [3.8, 4) is 0 Å². The van der Waals surface area contributed by atoms with Crippen LogP contribution >= 0.6 is 12.2 Å². The Labute approximate surface area is 98.0 Å². The van der Waals surface area contributed by atoms with Crippen LogP contribution in [0.25, 0.3) is 0 Å². The highest BCUT2D eigenvalue weighted by Gasteiger charge is 2.19. The van der Waals surface area contributed by atoms with Crippen LogP contribution in [0.2, 0.25) is 0 Å². The van der Waals surface area contributed by atoms with Gasteiger partial charge in [-0.05, 0) is 38.4 Å². The number of unbranched alkanes of at least 4 members (excludes halogenated alkanes) is 1. The third-order valence-corrected chi connectivity index (χ3v) is 2.90. The average molecular weight is 230 g/mol. The standard InChI is InChI=1S/C11H22N2OS/c1-3-4-6-12-11(15)13-10-5-7-14-9(2)8-10/h9-10H,3-8H2,1-2H3,(H2,12,13,15). The van der Waals surface area contributed by atoms with Crippen molar-refractivity contribution in [2.45, 2.75) is 51.7 Å². The maximum absolute atomic E-state index is 5.48. The van der Waals surface area contributed by atoms with E-state index >= 15 is 0 Å². The molecule has 0 radical (unpaired) electrons. The molecule has 2 atom stereocenters. The van der Waals surface area contributed by atoms with Gasteiger partial charge in [-0.3, -0.25) is 0 Å². The number of hydrogen-bond donors (Lipinski definition) is 2. The highest BCUT2D eigenvalue weighted by atomic mass is 32.1. The van der Waals surface area contributed by atoms with Gasteiger partial charge in [0.25, 0.3) is 0 Å². The third kappa shape index (κ3) is 5.33. The number of rotatable bonds is 4. The Morgan fingerprint density at radius 2 is 2.33 bits per heavy atom. The average Bonchev–Trinajstić information content (AvgIpc) is 2.18. The topological polar surface area (TPSA) is 33.3 Å². The van der Waals surface area contributed by atoms with Crippen molar-refractivity contribution in [2.24, 2.45) is 0 Å². The molecule has 88 valence electrons. The molecule has 15 heavy (non-hydrogen) atoms. The van der Waals surface area contributed by atoms with Gasteiger partial charge in [-0.2, -0.15) is 0 Å². The van der Waals surface area contributed by atoms with Gasteiger partial charge in [-0.1, -0.05) is 13.3 Å². The third-order valence-electron chi connectivity index (χ3n) is 2.64. The van der Waals surface area contributed by atoms with Gasteiger partial charge >= 0.3 is 0 Å². The number of thiocarbonyl (C=S) groups is 1. The molecule has 1 aliphatic rings. The lowest BCUT2D eigenvalue weighted by atomic mass is 10.0. The van der Waals surface area contributed by atoms with Gasteiger partial charge < -0.3 is 15.4 Å². The molecule has 0 spiro atoms. The molecular weight excluding hydrogens is 208 g/mol. The van der Waals surface area contributed by atoms with E-state index in [1.54, 1.807) is 0 Å². The predicted molar refractivity (Wildman–Crippen MR) is 67.1 cm³/mol. The lowest BCUT2D eigenvalue weighted by Crippen LogP contribution is -2.45. The fraction of sp³-hybridized carbons (Fsp3) is 0.909. The Bertz CT molecular complexity index is 199. The van der Waals surface area contributed by atoms with Crippen molar-refractivity contribution in [1.29, 1.82) is 0 Å². The van der Waals surface area contributed by atoms with Crippen molar-refractivity contribution >= 4 is 17.3 Å². The Kier molecular flexibility index (Phi) is 5.95. The molecule has 1 aliphatic heterocycles. The van der Waals surface area contributed by atoms with E-state index in [2.05, 4.69) is 24.5 Å². The summed E-state index contributed by atoms with van der Waals surface area (Å²) in [4.78, 5) is 0. The lowest BCUT2D eigenvalue weighted by molar-refractivity contribution is 0.0166. The van der Waals surface area contributed by atoms with E-state index in [0.29, 0.717) is 12.1 Å². The Balaban J connectivity index is 2.13. The first-order valence-electron chi connectivity index (χ1n) is 5.88. The number of nitrogens with one attached hydrogen (secondary N) is 2. The van der Waals surface area contributed by atoms with Gasteiger partial charge in [0.2, 0.25) is 0 Å². The van der Waals surface area contributed by atoms with E-state index in [-0.39, 0.29) is 0 Å². The summed E-state index contributed by atoms with van der Waals surface area (Å²) in [5.41, 5.74) is 0. The maximum Gasteiger partial charge on any atom is 0.166 e. The van der Waals surface area contributed by atoms with Crippen molar-refractivity contribution in [3.05, 3.63) is 0 Å². The van der Waals surface area contributed by atoms with E-state index in [0.717, 1.165) is 31.1 Å². The zero-order valence-electron chi connectivity index (χ0n) is 9.71. The van der Waals surface area contributed by atoms with Crippen LogP contribution in [0.1, 0.15) is 39.5 Å². The van der Waals surface area contributed by atoms with Crippen molar-refractivity contribution in [1.82, 2.24) is 10.6 Å². The minimum atomic E-state index is 0.356. The minimum Gasteiger partial charge on any atom is -0.378 e. The van der Waals surface area contributed by atoms with Crippen LogP contribution in [0.15, 0.2) is 0 Å². The summed E-state index contributed by atoms with van der Waals surface area (Å²) < 4.78 is 5.48. The van der Waals surface area contributed by atoms with Crippen LogP contribution < -0.4 is 10.6 Å². The van der Waals surface area contributed by atoms with E-state index in [9.17, 15) is 0 Å². The largest absolute Gasteiger partial charge is 0.378 e. The molecule has 0 saturated carbocycles. The fourth-order valence-corrected chi connectivity index (χ4v) is 2.01. The highest BCUT2D eigenvalue weighted by molar-refractivity contribution is 7.80. The Hall–Kier alpha value is -0.350. The predicted octanol–water partition coefficient (Wildman–Crippen LogP) is 1.82. The summed E-state index contributed by atoms with van der Waals surface area (Å²) in [6.45, 7) is 6.11. The first-order chi connectivity index (χ1) is 7.22. The van der Waals surface area contributed by atoms with Gasteiger partial charge in [0.15, 0.2) is 5.11 Å². The van der Waals surface area contributed by atoms with Gasteiger partial charge in [0.05, 0.1) is 6.10 Å². The van der Waals surface area contributed by atoms with E-state index in [1.807, 2.05) is 0 Å². The van der Waals surface area contributed by atoms with Crippen molar-refractivity contribution in [3.63, 3.8) is 0 Å². The molecule has 3 nitrogen and oxygen atoms in total. The second-order valence-corrected chi connectivity index (χ2v) is 4.56. The smallest absolute Gasteiger partial charge is 0.166 e. The minimum absolute atomic E-state index is 0.356. The van der Waals surface area contributed by atoms with Gasteiger partial charge in [-0.15, -0.1) is 0 Å². The fourth-order valence-electron chi connectivity index (χ4n) is 1.74. The highest BCUT2D eigenvalue weighted by Crippen LogP contribution is 2.12. The van der Waals surface area contributed by atoms with Crippen LogP contribution in [-0.2, 0) is 4.74 Å². The first-order valence-corrected chi connectivity index (χ1v) is 6.29. The summed E-state index contributed by atoms with van der Waals surface area (Å²) in [5, 5.41) is 7.37. The Morgan fingerprint density at radius 1 is 1.53 bits per heavy atom. The SMILES string of the molecule is CCCCNC(=S)NC1CCOC(C)C1. The van der Waals surface area contributed by atoms with Gasteiger partial charge in [0, 0.05) is 19.2 Å². The quantitative estimate of drug-likeness (QED) is 0.570. The van der Waals surface area contributed by atoms with Gasteiger partial charge in [-0.25, -0.2) is 0 Å². The van der Waals surface area contributed by atoms with Gasteiger partial charge in [0.1, 0.15) is 0 Å². The summed E-state index contributed by atoms with van der Waals surface area (Å²) in [6, 6.07) is 0.482. The molecule has 0 aromatic rings. The van der Waals surface area contributed by atoms with Crippen molar-refractivity contribution in [2.75, 3.05) is 13.2 Å². The van der Waals surface area contributed by atoms with E-state index in [1.165, 1.54) is 12.8 Å². The van der Waals surface area contributed by atoms with Crippen LogP contribution in [0.4, 0.5) is 0 Å². The Morgan fingerprint density at radius 3 is 3.00 bits per heavy atom.